The summed E-state index contributed by atoms with van der Waals surface area (Å²) in [6.45, 7) is 4.61. The molecule has 1 N–H and O–H groups in total. The number of rotatable bonds is 5. The Hall–Kier alpha value is -3.02. The van der Waals surface area contributed by atoms with E-state index in [1.54, 1.807) is 7.11 Å². The van der Waals surface area contributed by atoms with Crippen LogP contribution in [0, 0.1) is 12.3 Å². The number of carbonyl (C=O) groups is 2. The third kappa shape index (κ3) is 3.67. The van der Waals surface area contributed by atoms with E-state index >= 15 is 0 Å². The van der Waals surface area contributed by atoms with E-state index in [2.05, 4.69) is 10.2 Å². The fraction of sp³-hybridized carbons (Fsp3) is 0.391. The summed E-state index contributed by atoms with van der Waals surface area (Å²) in [5.41, 5.74) is 1.92. The van der Waals surface area contributed by atoms with Crippen LogP contribution in [0.15, 0.2) is 48.5 Å². The van der Waals surface area contributed by atoms with Crippen LogP contribution in [0.25, 0.3) is 0 Å². The van der Waals surface area contributed by atoms with Crippen LogP contribution >= 0.6 is 0 Å². The van der Waals surface area contributed by atoms with Gasteiger partial charge in [0, 0.05) is 31.9 Å². The monoisotopic (exact) mass is 393 g/mol. The van der Waals surface area contributed by atoms with Crippen molar-refractivity contribution in [2.75, 3.05) is 43.5 Å². The molecule has 6 nitrogen and oxygen atoms in total. The van der Waals surface area contributed by atoms with E-state index in [1.807, 2.05) is 60.4 Å². The van der Waals surface area contributed by atoms with Crippen LogP contribution in [0.5, 0.6) is 5.75 Å². The van der Waals surface area contributed by atoms with Gasteiger partial charge >= 0.3 is 0 Å². The number of hydrogen-bond acceptors (Lipinski definition) is 4. The first-order chi connectivity index (χ1) is 14.0. The topological polar surface area (TPSA) is 61.9 Å². The molecule has 1 aliphatic heterocycles. The van der Waals surface area contributed by atoms with Crippen molar-refractivity contribution in [2.24, 2.45) is 5.41 Å². The molecule has 1 saturated carbocycles. The highest BCUT2D eigenvalue weighted by atomic mass is 16.5. The van der Waals surface area contributed by atoms with E-state index in [0.29, 0.717) is 25.9 Å². The predicted molar refractivity (Wildman–Crippen MR) is 113 cm³/mol. The minimum absolute atomic E-state index is 0.0386. The number of ether oxygens (including phenoxy) is 1. The average molecular weight is 393 g/mol. The summed E-state index contributed by atoms with van der Waals surface area (Å²) in [6.07, 6.45) is 1.24. The maximum atomic E-state index is 13.2. The summed E-state index contributed by atoms with van der Waals surface area (Å²) in [7, 11) is 1.67. The minimum atomic E-state index is -0.894. The molecule has 0 unspecified atom stereocenters. The molecule has 2 aliphatic rings. The summed E-state index contributed by atoms with van der Waals surface area (Å²) in [6, 6.07) is 15.6. The number of anilines is 2. The highest BCUT2D eigenvalue weighted by Gasteiger charge is 2.58. The molecule has 1 saturated heterocycles. The van der Waals surface area contributed by atoms with E-state index < -0.39 is 5.41 Å². The maximum absolute atomic E-state index is 13.2. The molecule has 0 spiro atoms. The standard InChI is InChI=1S/C23H27N3O3/c1-17-7-3-4-8-18(17)24-21(27)23(11-12-23)22(28)26-15-13-25(14-16-26)19-9-5-6-10-20(19)29-2/h3-10H,11-16H2,1-2H3,(H,24,27). The van der Waals surface area contributed by atoms with Crippen LogP contribution in [-0.2, 0) is 9.59 Å². The third-order valence-electron chi connectivity index (χ3n) is 5.98. The van der Waals surface area contributed by atoms with Crippen LogP contribution in [0.4, 0.5) is 11.4 Å². The van der Waals surface area contributed by atoms with Gasteiger partial charge in [0.15, 0.2) is 0 Å². The molecule has 2 aromatic rings. The number of carbonyl (C=O) groups excluding carboxylic acids is 2. The Morgan fingerprint density at radius 1 is 0.966 bits per heavy atom. The van der Waals surface area contributed by atoms with Crippen molar-refractivity contribution in [2.45, 2.75) is 19.8 Å². The van der Waals surface area contributed by atoms with Gasteiger partial charge in [-0.3, -0.25) is 9.59 Å². The number of aryl methyl sites for hydroxylation is 1. The minimum Gasteiger partial charge on any atom is -0.495 e. The zero-order chi connectivity index (χ0) is 20.4. The number of benzene rings is 2. The van der Waals surface area contributed by atoms with Gasteiger partial charge in [0.05, 0.1) is 12.8 Å². The zero-order valence-electron chi connectivity index (χ0n) is 17.0. The number of para-hydroxylation sites is 3. The largest absolute Gasteiger partial charge is 0.495 e. The van der Waals surface area contributed by atoms with Gasteiger partial charge in [-0.15, -0.1) is 0 Å². The molecule has 0 atom stereocenters. The molecular weight excluding hydrogens is 366 g/mol. The van der Waals surface area contributed by atoms with Gasteiger partial charge in [-0.25, -0.2) is 0 Å². The van der Waals surface area contributed by atoms with Crippen LogP contribution < -0.4 is 15.0 Å². The quantitative estimate of drug-likeness (QED) is 0.793. The van der Waals surface area contributed by atoms with Crippen LogP contribution in [0.1, 0.15) is 18.4 Å². The maximum Gasteiger partial charge on any atom is 0.240 e. The van der Waals surface area contributed by atoms with Crippen LogP contribution in [0.3, 0.4) is 0 Å². The Kier molecular flexibility index (Phi) is 5.18. The Morgan fingerprint density at radius 2 is 1.62 bits per heavy atom. The molecule has 29 heavy (non-hydrogen) atoms. The van der Waals surface area contributed by atoms with Crippen LogP contribution in [-0.4, -0.2) is 50.0 Å². The number of methoxy groups -OCH3 is 1. The van der Waals surface area contributed by atoms with E-state index in [0.717, 1.165) is 35.8 Å². The molecule has 152 valence electrons. The molecule has 0 bridgehead atoms. The zero-order valence-corrected chi connectivity index (χ0v) is 17.0. The molecule has 0 radical (unpaired) electrons. The number of nitrogens with zero attached hydrogens (tertiary/aromatic N) is 2. The Morgan fingerprint density at radius 3 is 2.28 bits per heavy atom. The second-order valence-corrected chi connectivity index (χ2v) is 7.80. The van der Waals surface area contributed by atoms with Crippen molar-refractivity contribution >= 4 is 23.2 Å². The molecule has 6 heteroatoms. The summed E-state index contributed by atoms with van der Waals surface area (Å²) in [5.74, 6) is 0.621. The Balaban J connectivity index is 1.40. The van der Waals surface area contributed by atoms with Gasteiger partial charge in [0.25, 0.3) is 0 Å². The van der Waals surface area contributed by atoms with Crippen molar-refractivity contribution in [1.29, 1.82) is 0 Å². The summed E-state index contributed by atoms with van der Waals surface area (Å²) in [4.78, 5) is 30.2. The van der Waals surface area contributed by atoms with Gasteiger partial charge in [-0.1, -0.05) is 30.3 Å². The van der Waals surface area contributed by atoms with E-state index in [1.165, 1.54) is 0 Å². The van der Waals surface area contributed by atoms with E-state index in [-0.39, 0.29) is 11.8 Å². The molecule has 0 aromatic heterocycles. The first-order valence-corrected chi connectivity index (χ1v) is 10.1. The van der Waals surface area contributed by atoms with E-state index in [4.69, 9.17) is 4.74 Å². The highest BCUT2D eigenvalue weighted by Crippen LogP contribution is 2.48. The number of hydrogen-bond donors (Lipinski definition) is 1. The lowest BCUT2D eigenvalue weighted by Gasteiger charge is -2.38. The lowest BCUT2D eigenvalue weighted by molar-refractivity contribution is -0.142. The lowest BCUT2D eigenvalue weighted by atomic mass is 10.0. The van der Waals surface area contributed by atoms with Gasteiger partial charge in [0.2, 0.25) is 11.8 Å². The average Bonchev–Trinajstić information content (AvgIpc) is 3.57. The molecular formula is C23H27N3O3. The highest BCUT2D eigenvalue weighted by molar-refractivity contribution is 6.13. The fourth-order valence-electron chi connectivity index (χ4n) is 3.96. The molecule has 1 aliphatic carbocycles. The van der Waals surface area contributed by atoms with Crippen molar-refractivity contribution in [3.63, 3.8) is 0 Å². The first-order valence-electron chi connectivity index (χ1n) is 10.1. The van der Waals surface area contributed by atoms with E-state index in [9.17, 15) is 9.59 Å². The lowest BCUT2D eigenvalue weighted by Crippen LogP contribution is -2.52. The van der Waals surface area contributed by atoms with Gasteiger partial charge < -0.3 is 19.9 Å². The summed E-state index contributed by atoms with van der Waals surface area (Å²) in [5, 5.41) is 2.97. The van der Waals surface area contributed by atoms with Gasteiger partial charge in [-0.05, 0) is 43.5 Å². The van der Waals surface area contributed by atoms with Crippen molar-refractivity contribution in [1.82, 2.24) is 4.90 Å². The molecule has 2 fully saturated rings. The smallest absolute Gasteiger partial charge is 0.240 e. The Labute approximate surface area is 171 Å². The number of piperazine rings is 1. The van der Waals surface area contributed by atoms with Crippen molar-refractivity contribution in [3.8, 4) is 5.75 Å². The van der Waals surface area contributed by atoms with Crippen LogP contribution in [0.2, 0.25) is 0 Å². The SMILES string of the molecule is COc1ccccc1N1CCN(C(=O)C2(C(=O)Nc3ccccc3C)CC2)CC1. The van der Waals surface area contributed by atoms with Gasteiger partial charge in [-0.2, -0.15) is 0 Å². The Bertz CT molecular complexity index is 915. The first kappa shape index (κ1) is 19.3. The molecule has 1 heterocycles. The van der Waals surface area contributed by atoms with Gasteiger partial charge in [0.1, 0.15) is 11.2 Å². The normalized spacial score (nSPS) is 17.6. The summed E-state index contributed by atoms with van der Waals surface area (Å²) >= 11 is 0. The summed E-state index contributed by atoms with van der Waals surface area (Å²) < 4.78 is 5.46. The number of amides is 2. The second-order valence-electron chi connectivity index (χ2n) is 7.80. The second kappa shape index (κ2) is 7.78. The number of nitrogens with one attached hydrogen (secondary N) is 1. The van der Waals surface area contributed by atoms with Crippen molar-refractivity contribution < 1.29 is 14.3 Å². The molecule has 4 rings (SSSR count). The van der Waals surface area contributed by atoms with Crippen molar-refractivity contribution in [3.05, 3.63) is 54.1 Å². The molecule has 2 aromatic carbocycles. The fourth-order valence-corrected chi connectivity index (χ4v) is 3.96. The predicted octanol–water partition coefficient (Wildman–Crippen LogP) is 3.07. The third-order valence-corrected chi connectivity index (χ3v) is 5.98. The molecule has 2 amide bonds.